The highest BCUT2D eigenvalue weighted by molar-refractivity contribution is 5.86. The largest absolute Gasteiger partial charge is 0.478 e. The lowest BCUT2D eigenvalue weighted by atomic mass is 10.4. The minimum absolute atomic E-state index is 0.139. The highest BCUT2D eigenvalue weighted by Crippen LogP contribution is 1.91. The van der Waals surface area contributed by atoms with E-state index in [9.17, 15) is 9.59 Å². The van der Waals surface area contributed by atoms with E-state index in [-0.39, 0.29) is 12.6 Å². The Morgan fingerprint density at radius 1 is 1.38 bits per heavy atom. The van der Waals surface area contributed by atoms with Gasteiger partial charge in [-0.2, -0.15) is 0 Å². The van der Waals surface area contributed by atoms with Gasteiger partial charge in [0, 0.05) is 18.2 Å². The molecule has 3 N–H and O–H groups in total. The van der Waals surface area contributed by atoms with E-state index in [0.717, 1.165) is 12.6 Å². The van der Waals surface area contributed by atoms with Gasteiger partial charge in [0.25, 0.3) is 0 Å². The van der Waals surface area contributed by atoms with Gasteiger partial charge in [0.05, 0.1) is 12.7 Å². The van der Waals surface area contributed by atoms with Crippen LogP contribution in [0.5, 0.6) is 0 Å². The summed E-state index contributed by atoms with van der Waals surface area (Å²) in [6, 6.07) is 0. The number of hydrogen-bond acceptors (Lipinski definition) is 6. The van der Waals surface area contributed by atoms with Crippen molar-refractivity contribution in [3.05, 3.63) is 24.8 Å². The van der Waals surface area contributed by atoms with E-state index in [2.05, 4.69) is 13.2 Å². The van der Waals surface area contributed by atoms with Crippen LogP contribution in [-0.4, -0.2) is 72.1 Å². The molecule has 1 atom stereocenters. The predicted octanol–water partition coefficient (Wildman–Crippen LogP) is 0.284. The van der Waals surface area contributed by atoms with E-state index in [0.29, 0.717) is 12.2 Å². The number of aliphatic carboxylic acids is 1. The summed E-state index contributed by atoms with van der Waals surface area (Å²) < 4.78 is 4.83. The zero-order valence-electron chi connectivity index (χ0n) is 13.2. The number of carboxylic acids is 1. The van der Waals surface area contributed by atoms with Crippen molar-refractivity contribution in [2.75, 3.05) is 33.9 Å². The number of ether oxygens (including phenoxy) is 1. The molecule has 0 aromatic heterocycles. The van der Waals surface area contributed by atoms with Crippen LogP contribution < -0.4 is 0 Å². The first-order valence-electron chi connectivity index (χ1n) is 6.20. The topological polar surface area (TPSA) is 107 Å². The number of nitrogens with zero attached hydrogens (tertiary/aromatic N) is 1. The highest BCUT2D eigenvalue weighted by atomic mass is 16.5. The van der Waals surface area contributed by atoms with Gasteiger partial charge in [0.15, 0.2) is 0 Å². The summed E-state index contributed by atoms with van der Waals surface area (Å²) >= 11 is 0. The maximum absolute atomic E-state index is 10.8. The van der Waals surface area contributed by atoms with Crippen LogP contribution >= 0.6 is 0 Å². The summed E-state index contributed by atoms with van der Waals surface area (Å²) in [6.07, 6.45) is 0.273. The molecule has 0 rings (SSSR count). The molecule has 0 radical (unpaired) electrons. The van der Waals surface area contributed by atoms with Gasteiger partial charge >= 0.3 is 11.9 Å². The molecule has 1 unspecified atom stereocenters. The van der Waals surface area contributed by atoms with Gasteiger partial charge in [-0.25, -0.2) is 9.59 Å². The highest BCUT2D eigenvalue weighted by Gasteiger charge is 2.01. The molecule has 0 saturated heterocycles. The first kappa shape index (κ1) is 24.3. The van der Waals surface area contributed by atoms with Crippen LogP contribution in [0.3, 0.4) is 0 Å². The lowest BCUT2D eigenvalue weighted by molar-refractivity contribution is -0.139. The third-order valence-corrected chi connectivity index (χ3v) is 1.56. The average Bonchev–Trinajstić information content (AvgIpc) is 2.39. The summed E-state index contributed by atoms with van der Waals surface area (Å²) in [6.45, 7) is 10.6. The fourth-order valence-corrected chi connectivity index (χ4v) is 0.444. The number of carboxylic acid groups (broad SMARTS) is 1. The zero-order chi connectivity index (χ0) is 17.4. The van der Waals surface area contributed by atoms with Gasteiger partial charge in [-0.15, -0.1) is 0 Å². The summed E-state index contributed by atoms with van der Waals surface area (Å²) in [5.41, 5.74) is 0.448. The summed E-state index contributed by atoms with van der Waals surface area (Å²) in [4.78, 5) is 22.0. The van der Waals surface area contributed by atoms with Crippen LogP contribution in [0.25, 0.3) is 0 Å². The lowest BCUT2D eigenvalue weighted by Crippen LogP contribution is -2.20. The second-order valence-corrected chi connectivity index (χ2v) is 4.29. The van der Waals surface area contributed by atoms with E-state index >= 15 is 0 Å². The molecule has 0 saturated carbocycles. The van der Waals surface area contributed by atoms with E-state index in [1.54, 1.807) is 6.92 Å². The first-order chi connectivity index (χ1) is 9.58. The summed E-state index contributed by atoms with van der Waals surface area (Å²) in [5, 5.41) is 23.6. The Hall–Kier alpha value is -1.70. The molecule has 0 aliphatic rings. The molecule has 0 aromatic carbocycles. The van der Waals surface area contributed by atoms with Crippen molar-refractivity contribution in [2.45, 2.75) is 20.0 Å². The number of esters is 1. The quantitative estimate of drug-likeness (QED) is 0.478. The van der Waals surface area contributed by atoms with Crippen molar-refractivity contribution >= 4 is 11.9 Å². The second kappa shape index (κ2) is 16.4. The normalized spacial score (nSPS) is 10.2. The summed E-state index contributed by atoms with van der Waals surface area (Å²) in [7, 11) is 3.85. The Bertz CT molecular complexity index is 313. The van der Waals surface area contributed by atoms with Crippen molar-refractivity contribution in [1.29, 1.82) is 0 Å². The first-order valence-corrected chi connectivity index (χ1v) is 6.20. The van der Waals surface area contributed by atoms with Crippen LogP contribution in [0, 0.1) is 0 Å². The molecule has 0 heterocycles. The molecule has 124 valence electrons. The smallest absolute Gasteiger partial charge is 0.333 e. The monoisotopic (exact) mass is 305 g/mol. The Labute approximate surface area is 126 Å². The standard InChI is InChI=1S/C8H15NO2.C3H8O2.C3H4O2/c1-7(2)8(10)11-6-5-9(3)4;1-3(5)2-4;1-2-3(4)5/h1,5-6H2,2-4H3;3-5H,2H2,1H3;2H,1H2,(H,4,5). The second-order valence-electron chi connectivity index (χ2n) is 4.29. The molecule has 21 heavy (non-hydrogen) atoms. The molecular weight excluding hydrogens is 278 g/mol. The lowest BCUT2D eigenvalue weighted by Gasteiger charge is -2.09. The molecule has 0 bridgehead atoms. The van der Waals surface area contributed by atoms with Crippen LogP contribution in [0.4, 0.5) is 0 Å². The van der Waals surface area contributed by atoms with Gasteiger partial charge in [0.2, 0.25) is 0 Å². The molecule has 0 aliphatic heterocycles. The number of carbonyl (C=O) groups is 2. The van der Waals surface area contributed by atoms with Crippen LogP contribution in [0.2, 0.25) is 0 Å². The maximum atomic E-state index is 10.8. The number of rotatable bonds is 6. The maximum Gasteiger partial charge on any atom is 0.333 e. The van der Waals surface area contributed by atoms with Crippen molar-refractivity contribution < 1.29 is 29.6 Å². The van der Waals surface area contributed by atoms with Gasteiger partial charge < -0.3 is 25.0 Å². The Morgan fingerprint density at radius 3 is 1.95 bits per heavy atom. The number of likely N-dealkylation sites (N-methyl/N-ethyl adjacent to an activating group) is 1. The van der Waals surface area contributed by atoms with Crippen LogP contribution in [-0.2, 0) is 14.3 Å². The molecular formula is C14H27NO6. The van der Waals surface area contributed by atoms with Crippen molar-refractivity contribution in [2.24, 2.45) is 0 Å². The summed E-state index contributed by atoms with van der Waals surface area (Å²) in [5.74, 6) is -1.29. The van der Waals surface area contributed by atoms with Crippen molar-refractivity contribution in [3.8, 4) is 0 Å². The molecule has 0 amide bonds. The third kappa shape index (κ3) is 32.1. The SMILES string of the molecule is C=C(C)C(=O)OCCN(C)C.C=CC(=O)O.CC(O)CO. The van der Waals surface area contributed by atoms with Gasteiger partial charge in [0.1, 0.15) is 6.61 Å². The molecule has 0 fully saturated rings. The van der Waals surface area contributed by atoms with E-state index in [1.165, 1.54) is 6.92 Å². The van der Waals surface area contributed by atoms with E-state index in [4.69, 9.17) is 20.1 Å². The molecule has 7 heteroatoms. The van der Waals surface area contributed by atoms with Crippen LogP contribution in [0.1, 0.15) is 13.8 Å². The Kier molecular flexibility index (Phi) is 18.9. The third-order valence-electron chi connectivity index (χ3n) is 1.56. The predicted molar refractivity (Wildman–Crippen MR) is 80.9 cm³/mol. The fourth-order valence-electron chi connectivity index (χ4n) is 0.444. The van der Waals surface area contributed by atoms with Gasteiger partial charge in [-0.1, -0.05) is 13.2 Å². The minimum Gasteiger partial charge on any atom is -0.478 e. The number of hydrogen-bond donors (Lipinski definition) is 3. The number of aliphatic hydroxyl groups excluding tert-OH is 2. The fraction of sp³-hybridized carbons (Fsp3) is 0.571. The zero-order valence-corrected chi connectivity index (χ0v) is 13.2. The van der Waals surface area contributed by atoms with Crippen LogP contribution in [0.15, 0.2) is 24.8 Å². The number of aliphatic hydroxyl groups is 2. The average molecular weight is 305 g/mol. The molecule has 0 aromatic rings. The van der Waals surface area contributed by atoms with Gasteiger partial charge in [-0.3, -0.25) is 0 Å². The van der Waals surface area contributed by atoms with Gasteiger partial charge in [-0.05, 0) is 27.9 Å². The molecule has 7 nitrogen and oxygen atoms in total. The molecule has 0 spiro atoms. The van der Waals surface area contributed by atoms with E-state index < -0.39 is 12.1 Å². The Balaban J connectivity index is -0.000000270. The van der Waals surface area contributed by atoms with Crippen molar-refractivity contribution in [1.82, 2.24) is 4.90 Å². The number of carbonyl (C=O) groups excluding carboxylic acids is 1. The van der Waals surface area contributed by atoms with E-state index in [1.807, 2.05) is 19.0 Å². The Morgan fingerprint density at radius 2 is 1.76 bits per heavy atom. The molecule has 0 aliphatic carbocycles. The minimum atomic E-state index is -0.981. The van der Waals surface area contributed by atoms with Crippen molar-refractivity contribution in [3.63, 3.8) is 0 Å².